The van der Waals surface area contributed by atoms with E-state index in [4.69, 9.17) is 9.47 Å². The summed E-state index contributed by atoms with van der Waals surface area (Å²) in [6.45, 7) is 6.33. The second-order valence-electron chi connectivity index (χ2n) is 6.11. The summed E-state index contributed by atoms with van der Waals surface area (Å²) in [5.74, 6) is 0.391. The molecule has 0 bridgehead atoms. The minimum Gasteiger partial charge on any atom is -0.492 e. The molecule has 0 heterocycles. The van der Waals surface area contributed by atoms with Crippen LogP contribution in [0.15, 0.2) is 40.9 Å². The summed E-state index contributed by atoms with van der Waals surface area (Å²) in [7, 11) is 0. The van der Waals surface area contributed by atoms with Crippen molar-refractivity contribution in [2.24, 2.45) is 0 Å². The molecule has 0 saturated heterocycles. The Balaban J connectivity index is 1.83. The number of hydrazine groups is 1. The largest absolute Gasteiger partial charge is 0.492 e. The Morgan fingerprint density at radius 2 is 1.70 bits per heavy atom. The predicted molar refractivity (Wildman–Crippen MR) is 107 cm³/mol. The molecule has 2 aromatic carbocycles. The maximum atomic E-state index is 12.2. The highest BCUT2D eigenvalue weighted by atomic mass is 79.9. The lowest BCUT2D eigenvalue weighted by Gasteiger charge is -2.11. The van der Waals surface area contributed by atoms with Crippen LogP contribution in [0.4, 0.5) is 0 Å². The first kappa shape index (κ1) is 20.8. The molecule has 0 atom stereocenters. The van der Waals surface area contributed by atoms with Crippen molar-refractivity contribution in [1.29, 1.82) is 0 Å². The number of aryl methyl sites for hydroxylation is 2. The number of rotatable bonds is 7. The van der Waals surface area contributed by atoms with Crippen molar-refractivity contribution >= 4 is 27.7 Å². The standard InChI is InChI=1S/C20H23BrN2O4/c1-4-7-26-18-6-5-15(11-17(18)21)20(25)23-22-19(24)12-27-16-9-13(2)8-14(3)10-16/h5-6,8-11H,4,7,12H2,1-3H3,(H,22,24)(H,23,25). The molecule has 2 N–H and O–H groups in total. The van der Waals surface area contributed by atoms with Gasteiger partial charge in [0.1, 0.15) is 11.5 Å². The lowest BCUT2D eigenvalue weighted by molar-refractivity contribution is -0.123. The van der Waals surface area contributed by atoms with Crippen molar-refractivity contribution in [3.63, 3.8) is 0 Å². The van der Waals surface area contributed by atoms with E-state index in [1.165, 1.54) is 0 Å². The second kappa shape index (κ2) is 9.97. The summed E-state index contributed by atoms with van der Waals surface area (Å²) in [6, 6.07) is 10.7. The third-order valence-corrected chi connectivity index (χ3v) is 4.16. The summed E-state index contributed by atoms with van der Waals surface area (Å²) in [6.07, 6.45) is 0.894. The van der Waals surface area contributed by atoms with Gasteiger partial charge in [0.15, 0.2) is 6.61 Å². The van der Waals surface area contributed by atoms with Gasteiger partial charge in [-0.2, -0.15) is 0 Å². The summed E-state index contributed by atoms with van der Waals surface area (Å²) in [4.78, 5) is 24.0. The SMILES string of the molecule is CCCOc1ccc(C(=O)NNC(=O)COc2cc(C)cc(C)c2)cc1Br. The molecule has 0 fully saturated rings. The maximum absolute atomic E-state index is 12.2. The van der Waals surface area contributed by atoms with Crippen LogP contribution < -0.4 is 20.3 Å². The first-order valence-electron chi connectivity index (χ1n) is 8.61. The number of benzene rings is 2. The van der Waals surface area contributed by atoms with E-state index in [1.54, 1.807) is 18.2 Å². The average Bonchev–Trinajstić information content (AvgIpc) is 2.62. The molecule has 144 valence electrons. The van der Waals surface area contributed by atoms with Crippen LogP contribution in [0.3, 0.4) is 0 Å². The number of halogens is 1. The van der Waals surface area contributed by atoms with Gasteiger partial charge in [0.25, 0.3) is 11.8 Å². The molecular formula is C20H23BrN2O4. The van der Waals surface area contributed by atoms with Crippen molar-refractivity contribution in [2.45, 2.75) is 27.2 Å². The molecular weight excluding hydrogens is 412 g/mol. The highest BCUT2D eigenvalue weighted by Gasteiger charge is 2.11. The van der Waals surface area contributed by atoms with Gasteiger partial charge in [-0.15, -0.1) is 0 Å². The van der Waals surface area contributed by atoms with Crippen molar-refractivity contribution in [3.8, 4) is 11.5 Å². The van der Waals surface area contributed by atoms with Crippen LogP contribution in [0, 0.1) is 13.8 Å². The van der Waals surface area contributed by atoms with Crippen LogP contribution >= 0.6 is 15.9 Å². The molecule has 0 saturated carbocycles. The lowest BCUT2D eigenvalue weighted by atomic mass is 10.1. The van der Waals surface area contributed by atoms with Gasteiger partial charge < -0.3 is 9.47 Å². The molecule has 7 heteroatoms. The minimum atomic E-state index is -0.454. The predicted octanol–water partition coefficient (Wildman–Crippen LogP) is 3.69. The van der Waals surface area contributed by atoms with E-state index in [0.717, 1.165) is 17.5 Å². The van der Waals surface area contributed by atoms with Crippen LogP contribution in [0.25, 0.3) is 0 Å². The van der Waals surface area contributed by atoms with Gasteiger partial charge in [0.2, 0.25) is 0 Å². The summed E-state index contributed by atoms with van der Waals surface area (Å²) >= 11 is 3.38. The zero-order valence-corrected chi connectivity index (χ0v) is 17.2. The average molecular weight is 435 g/mol. The molecule has 2 aromatic rings. The monoisotopic (exact) mass is 434 g/mol. The Labute approximate surface area is 167 Å². The van der Waals surface area contributed by atoms with Gasteiger partial charge in [-0.05, 0) is 77.7 Å². The van der Waals surface area contributed by atoms with Crippen LogP contribution in [0.1, 0.15) is 34.8 Å². The van der Waals surface area contributed by atoms with Crippen LogP contribution in [0.5, 0.6) is 11.5 Å². The molecule has 0 spiro atoms. The van der Waals surface area contributed by atoms with Gasteiger partial charge in [-0.1, -0.05) is 13.0 Å². The van der Waals surface area contributed by atoms with E-state index >= 15 is 0 Å². The van der Waals surface area contributed by atoms with E-state index in [9.17, 15) is 9.59 Å². The van der Waals surface area contributed by atoms with Gasteiger partial charge in [0.05, 0.1) is 11.1 Å². The molecule has 0 radical (unpaired) electrons. The van der Waals surface area contributed by atoms with E-state index < -0.39 is 11.8 Å². The van der Waals surface area contributed by atoms with Crippen molar-refractivity contribution in [1.82, 2.24) is 10.9 Å². The zero-order chi connectivity index (χ0) is 19.8. The fourth-order valence-electron chi connectivity index (χ4n) is 2.37. The normalized spacial score (nSPS) is 10.2. The number of carbonyl (C=O) groups is 2. The minimum absolute atomic E-state index is 0.198. The Hall–Kier alpha value is -2.54. The molecule has 6 nitrogen and oxygen atoms in total. The number of amides is 2. The third kappa shape index (κ3) is 6.60. The molecule has 27 heavy (non-hydrogen) atoms. The Kier molecular flexibility index (Phi) is 7.67. The molecule has 0 aliphatic heterocycles. The maximum Gasteiger partial charge on any atom is 0.276 e. The first-order chi connectivity index (χ1) is 12.9. The lowest BCUT2D eigenvalue weighted by Crippen LogP contribution is -2.43. The molecule has 0 aliphatic carbocycles. The Morgan fingerprint density at radius 3 is 2.33 bits per heavy atom. The summed E-state index contributed by atoms with van der Waals surface area (Å²) in [5, 5.41) is 0. The zero-order valence-electron chi connectivity index (χ0n) is 15.6. The van der Waals surface area contributed by atoms with Crippen LogP contribution in [-0.4, -0.2) is 25.0 Å². The fraction of sp³-hybridized carbons (Fsp3) is 0.300. The van der Waals surface area contributed by atoms with E-state index in [2.05, 4.69) is 26.8 Å². The topological polar surface area (TPSA) is 76.7 Å². The van der Waals surface area contributed by atoms with Crippen molar-refractivity contribution < 1.29 is 19.1 Å². The Morgan fingerprint density at radius 1 is 1.00 bits per heavy atom. The highest BCUT2D eigenvalue weighted by molar-refractivity contribution is 9.10. The van der Waals surface area contributed by atoms with Crippen LogP contribution in [0.2, 0.25) is 0 Å². The van der Waals surface area contributed by atoms with Gasteiger partial charge in [-0.3, -0.25) is 20.4 Å². The van der Waals surface area contributed by atoms with Crippen molar-refractivity contribution in [3.05, 3.63) is 57.6 Å². The second-order valence-corrected chi connectivity index (χ2v) is 6.96. The van der Waals surface area contributed by atoms with Crippen LogP contribution in [-0.2, 0) is 4.79 Å². The van der Waals surface area contributed by atoms with Gasteiger partial charge >= 0.3 is 0 Å². The number of hydrogen-bond donors (Lipinski definition) is 2. The van der Waals surface area contributed by atoms with Gasteiger partial charge in [0, 0.05) is 5.56 Å². The van der Waals surface area contributed by atoms with E-state index in [1.807, 2.05) is 39.0 Å². The third-order valence-electron chi connectivity index (χ3n) is 3.54. The Bertz CT molecular complexity index is 803. The number of carbonyl (C=O) groups excluding carboxylic acids is 2. The van der Waals surface area contributed by atoms with Crippen molar-refractivity contribution in [2.75, 3.05) is 13.2 Å². The molecule has 0 aromatic heterocycles. The molecule has 2 amide bonds. The quantitative estimate of drug-likeness (QED) is 0.651. The fourth-order valence-corrected chi connectivity index (χ4v) is 2.86. The highest BCUT2D eigenvalue weighted by Crippen LogP contribution is 2.26. The molecule has 2 rings (SSSR count). The number of hydrogen-bond acceptors (Lipinski definition) is 4. The summed E-state index contributed by atoms with van der Waals surface area (Å²) in [5.41, 5.74) is 7.20. The smallest absolute Gasteiger partial charge is 0.276 e. The van der Waals surface area contributed by atoms with E-state index in [-0.39, 0.29) is 6.61 Å². The first-order valence-corrected chi connectivity index (χ1v) is 9.41. The molecule has 0 aliphatic rings. The van der Waals surface area contributed by atoms with Gasteiger partial charge in [-0.25, -0.2) is 0 Å². The van der Waals surface area contributed by atoms with E-state index in [0.29, 0.717) is 28.1 Å². The number of ether oxygens (including phenoxy) is 2. The summed E-state index contributed by atoms with van der Waals surface area (Å²) < 4.78 is 11.7. The number of nitrogens with one attached hydrogen (secondary N) is 2. The molecule has 0 unspecified atom stereocenters.